The van der Waals surface area contributed by atoms with E-state index in [-0.39, 0.29) is 0 Å². The fraction of sp³-hybridized carbons (Fsp3) is 0.533. The van der Waals surface area contributed by atoms with Gasteiger partial charge in [0.2, 0.25) is 0 Å². The van der Waals surface area contributed by atoms with Crippen LogP contribution >= 0.6 is 0 Å². The Morgan fingerprint density at radius 2 is 1.91 bits per heavy atom. The van der Waals surface area contributed by atoms with E-state index in [9.17, 15) is 15.3 Å². The molecule has 0 spiro atoms. The van der Waals surface area contributed by atoms with Gasteiger partial charge in [0.1, 0.15) is 35.9 Å². The second kappa shape index (κ2) is 7.71. The Kier molecular flexibility index (Phi) is 5.91. The van der Waals surface area contributed by atoms with Gasteiger partial charge in [-0.3, -0.25) is 4.99 Å². The average Bonchev–Trinajstić information content (AvgIpc) is 2.57. The van der Waals surface area contributed by atoms with Crippen LogP contribution in [0.4, 0.5) is 0 Å². The summed E-state index contributed by atoms with van der Waals surface area (Å²) in [4.78, 5) is 4.09. The Balaban J connectivity index is 2.19. The summed E-state index contributed by atoms with van der Waals surface area (Å²) in [7, 11) is 3.03. The van der Waals surface area contributed by atoms with Crippen LogP contribution in [0.2, 0.25) is 0 Å². The Bertz CT molecular complexity index is 551. The zero-order chi connectivity index (χ0) is 17.0. The van der Waals surface area contributed by atoms with Gasteiger partial charge in [-0.25, -0.2) is 0 Å². The van der Waals surface area contributed by atoms with E-state index < -0.39 is 37.3 Å². The van der Waals surface area contributed by atoms with Crippen LogP contribution in [0.5, 0.6) is 11.5 Å². The first kappa shape index (κ1) is 17.6. The smallest absolute Gasteiger partial charge is 0.180 e. The lowest BCUT2D eigenvalue weighted by molar-refractivity contribution is -0.248. The largest absolute Gasteiger partial charge is 0.497 e. The minimum Gasteiger partial charge on any atom is -0.497 e. The van der Waals surface area contributed by atoms with Gasteiger partial charge in [-0.2, -0.15) is 0 Å². The van der Waals surface area contributed by atoms with Gasteiger partial charge in [0.15, 0.2) is 6.29 Å². The van der Waals surface area contributed by atoms with Gasteiger partial charge >= 0.3 is 0 Å². The van der Waals surface area contributed by atoms with E-state index in [4.69, 9.17) is 19.3 Å². The highest BCUT2D eigenvalue weighted by Crippen LogP contribution is 2.25. The zero-order valence-corrected chi connectivity index (χ0v) is 12.9. The van der Waals surface area contributed by atoms with Crippen molar-refractivity contribution in [1.29, 1.82) is 0 Å². The van der Waals surface area contributed by atoms with Crippen LogP contribution in [0.25, 0.3) is 0 Å². The number of benzene rings is 1. The molecule has 0 aromatic heterocycles. The number of methoxy groups -OCH3 is 2. The molecule has 1 aromatic carbocycles. The molecule has 8 nitrogen and oxygen atoms in total. The minimum absolute atomic E-state index is 0.502. The number of aliphatic hydroxyl groups is 4. The van der Waals surface area contributed by atoms with E-state index in [1.54, 1.807) is 18.2 Å². The molecule has 5 atom stereocenters. The van der Waals surface area contributed by atoms with Crippen molar-refractivity contribution in [3.8, 4) is 11.5 Å². The van der Waals surface area contributed by atoms with Crippen molar-refractivity contribution < 1.29 is 34.6 Å². The molecule has 2 rings (SSSR count). The number of hydrogen-bond acceptors (Lipinski definition) is 8. The predicted molar refractivity (Wildman–Crippen MR) is 80.9 cm³/mol. The summed E-state index contributed by atoms with van der Waals surface area (Å²) < 4.78 is 15.4. The van der Waals surface area contributed by atoms with Gasteiger partial charge in [-0.15, -0.1) is 0 Å². The Morgan fingerprint density at radius 3 is 2.52 bits per heavy atom. The molecule has 0 bridgehead atoms. The SMILES string of the molecule is COc1ccc(C=N[C@H]2C(O)O[C@H](CO)[C@@H](O)[C@@H]2O)c(OC)c1. The summed E-state index contributed by atoms with van der Waals surface area (Å²) >= 11 is 0. The molecule has 0 radical (unpaired) electrons. The van der Waals surface area contributed by atoms with Gasteiger partial charge in [-0.05, 0) is 12.1 Å². The van der Waals surface area contributed by atoms with E-state index >= 15 is 0 Å². The van der Waals surface area contributed by atoms with Gasteiger partial charge < -0.3 is 34.6 Å². The normalized spacial score (nSPS) is 31.3. The molecular formula is C15H21NO7. The second-order valence-electron chi connectivity index (χ2n) is 5.11. The minimum atomic E-state index is -1.44. The molecule has 1 unspecified atom stereocenters. The maximum Gasteiger partial charge on any atom is 0.180 e. The van der Waals surface area contributed by atoms with Crippen LogP contribution in [0.3, 0.4) is 0 Å². The van der Waals surface area contributed by atoms with Gasteiger partial charge in [-0.1, -0.05) is 0 Å². The number of ether oxygens (including phenoxy) is 3. The maximum atomic E-state index is 10.0. The third-order valence-electron chi connectivity index (χ3n) is 3.69. The fourth-order valence-electron chi connectivity index (χ4n) is 2.34. The lowest BCUT2D eigenvalue weighted by atomic mass is 9.97. The molecule has 1 aliphatic rings. The molecule has 1 heterocycles. The first-order chi connectivity index (χ1) is 11.0. The number of aliphatic hydroxyl groups excluding tert-OH is 4. The molecule has 8 heteroatoms. The second-order valence-corrected chi connectivity index (χ2v) is 5.11. The first-order valence-electron chi connectivity index (χ1n) is 7.07. The van der Waals surface area contributed by atoms with Crippen LogP contribution < -0.4 is 9.47 Å². The molecule has 0 aliphatic carbocycles. The number of nitrogens with zero attached hydrogens (tertiary/aromatic N) is 1. The molecule has 1 aromatic rings. The summed E-state index contributed by atoms with van der Waals surface area (Å²) in [5.74, 6) is 1.11. The van der Waals surface area contributed by atoms with Gasteiger partial charge in [0.05, 0.1) is 20.8 Å². The molecule has 0 amide bonds. The molecule has 1 saturated heterocycles. The monoisotopic (exact) mass is 327 g/mol. The fourth-order valence-corrected chi connectivity index (χ4v) is 2.34. The van der Waals surface area contributed by atoms with Crippen LogP contribution in [0, 0.1) is 0 Å². The highest BCUT2D eigenvalue weighted by molar-refractivity contribution is 5.84. The highest BCUT2D eigenvalue weighted by Gasteiger charge is 2.43. The number of aliphatic imine (C=N–C) groups is 1. The Labute approximate surface area is 133 Å². The third-order valence-corrected chi connectivity index (χ3v) is 3.69. The van der Waals surface area contributed by atoms with Crippen molar-refractivity contribution >= 4 is 6.21 Å². The highest BCUT2D eigenvalue weighted by atomic mass is 16.6. The maximum absolute atomic E-state index is 10.0. The van der Waals surface area contributed by atoms with Crippen LogP contribution in [0.1, 0.15) is 5.56 Å². The van der Waals surface area contributed by atoms with E-state index in [1.807, 2.05) is 0 Å². The van der Waals surface area contributed by atoms with E-state index in [1.165, 1.54) is 20.4 Å². The van der Waals surface area contributed by atoms with Crippen molar-refractivity contribution in [2.45, 2.75) is 30.6 Å². The quantitative estimate of drug-likeness (QED) is 0.508. The van der Waals surface area contributed by atoms with Crippen LogP contribution in [-0.2, 0) is 4.74 Å². The lowest BCUT2D eigenvalue weighted by Gasteiger charge is -2.38. The van der Waals surface area contributed by atoms with Crippen molar-refractivity contribution in [3.63, 3.8) is 0 Å². The van der Waals surface area contributed by atoms with Crippen molar-refractivity contribution in [2.75, 3.05) is 20.8 Å². The van der Waals surface area contributed by atoms with Crippen molar-refractivity contribution in [3.05, 3.63) is 23.8 Å². The topological polar surface area (TPSA) is 121 Å². The molecular weight excluding hydrogens is 306 g/mol. The summed E-state index contributed by atoms with van der Waals surface area (Å²) in [5.41, 5.74) is 0.603. The van der Waals surface area contributed by atoms with Crippen molar-refractivity contribution in [1.82, 2.24) is 0 Å². The summed E-state index contributed by atoms with van der Waals surface area (Å²) in [6, 6.07) is 4.00. The first-order valence-corrected chi connectivity index (χ1v) is 7.07. The van der Waals surface area contributed by atoms with E-state index in [0.717, 1.165) is 0 Å². The standard InChI is InChI=1S/C15H21NO7/c1-21-9-4-3-8(10(5-9)22-2)6-16-12-14(19)13(18)11(7-17)23-15(12)20/h3-6,11-15,17-20H,7H2,1-2H3/t11-,12-,13-,14-,15?/m1/s1. The molecule has 128 valence electrons. The van der Waals surface area contributed by atoms with Gasteiger partial charge in [0, 0.05) is 17.8 Å². The van der Waals surface area contributed by atoms with Crippen molar-refractivity contribution in [2.24, 2.45) is 4.99 Å². The van der Waals surface area contributed by atoms with Gasteiger partial charge in [0.25, 0.3) is 0 Å². The Morgan fingerprint density at radius 1 is 1.17 bits per heavy atom. The van der Waals surface area contributed by atoms with Crippen LogP contribution in [-0.4, -0.2) is 78.1 Å². The molecule has 1 fully saturated rings. The number of hydrogen-bond donors (Lipinski definition) is 4. The molecule has 4 N–H and O–H groups in total. The lowest BCUT2D eigenvalue weighted by Crippen LogP contribution is -2.57. The number of rotatable bonds is 5. The summed E-state index contributed by atoms with van der Waals surface area (Å²) in [6.45, 7) is -0.516. The average molecular weight is 327 g/mol. The molecule has 0 saturated carbocycles. The van der Waals surface area contributed by atoms with Crippen LogP contribution in [0.15, 0.2) is 23.2 Å². The summed E-state index contributed by atoms with van der Waals surface area (Å²) in [6.07, 6.45) is -3.79. The van der Waals surface area contributed by atoms with E-state index in [0.29, 0.717) is 17.1 Å². The molecule has 23 heavy (non-hydrogen) atoms. The summed E-state index contributed by atoms with van der Waals surface area (Å²) in [5, 5.41) is 38.8. The molecule has 1 aliphatic heterocycles. The predicted octanol–water partition coefficient (Wildman–Crippen LogP) is -1.08. The van der Waals surface area contributed by atoms with E-state index in [2.05, 4.69) is 4.99 Å². The Hall–Kier alpha value is -1.71. The zero-order valence-electron chi connectivity index (χ0n) is 12.9. The third kappa shape index (κ3) is 3.80.